The molecule has 3 nitrogen and oxygen atoms in total. The van der Waals surface area contributed by atoms with Crippen LogP contribution < -0.4 is 5.32 Å². The molecule has 86 valence electrons. The maximum atomic E-state index is 11.1. The lowest BCUT2D eigenvalue weighted by Gasteiger charge is -2.17. The molecule has 0 aliphatic carbocycles. The number of para-hydroxylation sites is 1. The first kappa shape index (κ1) is 12.7. The third-order valence-corrected chi connectivity index (χ3v) is 3.24. The summed E-state index contributed by atoms with van der Waals surface area (Å²) >= 11 is 0. The molecule has 0 spiro atoms. The maximum absolute atomic E-state index is 11.1. The number of hydrogen-bond acceptors (Lipinski definition) is 3. The van der Waals surface area contributed by atoms with E-state index in [9.17, 15) is 4.21 Å². The summed E-state index contributed by atoms with van der Waals surface area (Å²) in [6.45, 7) is 3.92. The first-order valence-corrected chi connectivity index (χ1v) is 6.83. The van der Waals surface area contributed by atoms with Crippen LogP contribution in [0.3, 0.4) is 0 Å². The van der Waals surface area contributed by atoms with Gasteiger partial charge in [0, 0.05) is 28.9 Å². The van der Waals surface area contributed by atoms with Crippen molar-refractivity contribution in [1.29, 1.82) is 5.26 Å². The molecule has 2 unspecified atom stereocenters. The van der Waals surface area contributed by atoms with Crippen LogP contribution in [0, 0.1) is 18.3 Å². The summed E-state index contributed by atoms with van der Waals surface area (Å²) in [5.74, 6) is 0.583. The maximum Gasteiger partial charge on any atom is 0.101 e. The molecule has 0 bridgehead atoms. The van der Waals surface area contributed by atoms with Crippen LogP contribution in [0.1, 0.15) is 18.1 Å². The molecule has 1 aromatic carbocycles. The summed E-state index contributed by atoms with van der Waals surface area (Å²) in [6, 6.07) is 7.86. The van der Waals surface area contributed by atoms with E-state index in [2.05, 4.69) is 11.4 Å². The van der Waals surface area contributed by atoms with Gasteiger partial charge in [-0.3, -0.25) is 4.21 Å². The largest absolute Gasteiger partial charge is 0.380 e. The summed E-state index contributed by atoms with van der Waals surface area (Å²) in [5.41, 5.74) is 2.52. The Hall–Kier alpha value is -1.34. The van der Waals surface area contributed by atoms with Crippen molar-refractivity contribution in [1.82, 2.24) is 0 Å². The predicted octanol–water partition coefficient (Wildman–Crippen LogP) is 2.05. The van der Waals surface area contributed by atoms with E-state index in [0.717, 1.165) is 11.3 Å². The van der Waals surface area contributed by atoms with Gasteiger partial charge in [0.05, 0.1) is 11.3 Å². The van der Waals surface area contributed by atoms with Gasteiger partial charge in [-0.15, -0.1) is 0 Å². The number of nitrogens with one attached hydrogen (secondary N) is 1. The fraction of sp³-hybridized carbons (Fsp3) is 0.417. The van der Waals surface area contributed by atoms with Gasteiger partial charge in [0.2, 0.25) is 0 Å². The highest BCUT2D eigenvalue weighted by Gasteiger charge is 2.09. The number of nitrogens with zero attached hydrogens (tertiary/aromatic N) is 1. The number of hydrogen-bond donors (Lipinski definition) is 1. The Balaban J connectivity index is 2.88. The van der Waals surface area contributed by atoms with E-state index in [1.807, 2.05) is 26.0 Å². The van der Waals surface area contributed by atoms with Gasteiger partial charge in [0.25, 0.3) is 0 Å². The molecule has 0 aromatic heterocycles. The Labute approximate surface area is 98.9 Å². The lowest BCUT2D eigenvalue weighted by atomic mass is 10.1. The molecule has 0 aliphatic heterocycles. The topological polar surface area (TPSA) is 52.9 Å². The average molecular weight is 236 g/mol. The Kier molecular flexibility index (Phi) is 4.51. The fourth-order valence-corrected chi connectivity index (χ4v) is 2.38. The zero-order chi connectivity index (χ0) is 12.1. The number of anilines is 1. The highest BCUT2D eigenvalue weighted by molar-refractivity contribution is 7.84. The van der Waals surface area contributed by atoms with Gasteiger partial charge in [-0.1, -0.05) is 12.1 Å². The Morgan fingerprint density at radius 3 is 2.81 bits per heavy atom. The van der Waals surface area contributed by atoms with Crippen molar-refractivity contribution in [3.8, 4) is 6.07 Å². The third kappa shape index (κ3) is 3.35. The molecule has 0 heterocycles. The monoisotopic (exact) mass is 236 g/mol. The quantitative estimate of drug-likeness (QED) is 0.870. The van der Waals surface area contributed by atoms with Crippen LogP contribution in [0.5, 0.6) is 0 Å². The number of rotatable bonds is 4. The molecular formula is C12H16N2OS. The standard InChI is InChI=1S/C12H16N2OS/c1-9-5-4-6-11(7-13)12(9)14-10(2)8-16(3)15/h4-6,10,14H,8H2,1-3H3. The molecule has 4 heteroatoms. The molecular weight excluding hydrogens is 220 g/mol. The Morgan fingerprint density at radius 2 is 2.25 bits per heavy atom. The third-order valence-electron chi connectivity index (χ3n) is 2.27. The zero-order valence-corrected chi connectivity index (χ0v) is 10.6. The van der Waals surface area contributed by atoms with Gasteiger partial charge in [-0.25, -0.2) is 0 Å². The minimum Gasteiger partial charge on any atom is -0.380 e. The van der Waals surface area contributed by atoms with E-state index in [0.29, 0.717) is 11.3 Å². The van der Waals surface area contributed by atoms with E-state index in [-0.39, 0.29) is 6.04 Å². The molecule has 0 saturated carbocycles. The van der Waals surface area contributed by atoms with Gasteiger partial charge < -0.3 is 5.32 Å². The molecule has 0 aliphatic rings. The van der Waals surface area contributed by atoms with E-state index >= 15 is 0 Å². The van der Waals surface area contributed by atoms with Crippen molar-refractivity contribution in [2.24, 2.45) is 0 Å². The molecule has 0 saturated heterocycles. The number of aryl methyl sites for hydroxylation is 1. The molecule has 0 amide bonds. The normalized spacial score (nSPS) is 13.9. The van der Waals surface area contributed by atoms with Gasteiger partial charge >= 0.3 is 0 Å². The first-order chi connectivity index (χ1) is 7.54. The highest BCUT2D eigenvalue weighted by Crippen LogP contribution is 2.20. The highest BCUT2D eigenvalue weighted by atomic mass is 32.2. The molecule has 16 heavy (non-hydrogen) atoms. The smallest absolute Gasteiger partial charge is 0.101 e. The zero-order valence-electron chi connectivity index (χ0n) is 9.78. The van der Waals surface area contributed by atoms with Crippen LogP contribution in [-0.4, -0.2) is 22.3 Å². The van der Waals surface area contributed by atoms with E-state index < -0.39 is 10.8 Å². The molecule has 0 fully saturated rings. The average Bonchev–Trinajstić information content (AvgIpc) is 2.20. The SMILES string of the molecule is Cc1cccc(C#N)c1NC(C)CS(C)=O. The summed E-state index contributed by atoms with van der Waals surface area (Å²) in [7, 11) is -0.830. The van der Waals surface area contributed by atoms with Crippen molar-refractivity contribution >= 4 is 16.5 Å². The lowest BCUT2D eigenvalue weighted by molar-refractivity contribution is 0.683. The van der Waals surface area contributed by atoms with Crippen molar-refractivity contribution in [2.75, 3.05) is 17.3 Å². The first-order valence-electron chi connectivity index (χ1n) is 5.11. The van der Waals surface area contributed by atoms with Gasteiger partial charge in [-0.05, 0) is 25.5 Å². The van der Waals surface area contributed by atoms with Crippen molar-refractivity contribution in [3.63, 3.8) is 0 Å². The van der Waals surface area contributed by atoms with E-state index in [1.54, 1.807) is 12.3 Å². The summed E-state index contributed by atoms with van der Waals surface area (Å²) < 4.78 is 11.1. The van der Waals surface area contributed by atoms with Crippen molar-refractivity contribution < 1.29 is 4.21 Å². The van der Waals surface area contributed by atoms with E-state index in [1.165, 1.54) is 0 Å². The minimum absolute atomic E-state index is 0.0963. The second kappa shape index (κ2) is 5.66. The molecule has 1 aromatic rings. The van der Waals surface area contributed by atoms with Crippen LogP contribution in [-0.2, 0) is 10.8 Å². The van der Waals surface area contributed by atoms with Gasteiger partial charge in [-0.2, -0.15) is 5.26 Å². The van der Waals surface area contributed by atoms with Crippen LogP contribution in [0.25, 0.3) is 0 Å². The predicted molar refractivity (Wildman–Crippen MR) is 67.9 cm³/mol. The molecule has 1 N–H and O–H groups in total. The molecule has 0 radical (unpaired) electrons. The molecule has 2 atom stereocenters. The molecule has 1 rings (SSSR count). The Bertz CT molecular complexity index is 437. The minimum atomic E-state index is -0.830. The summed E-state index contributed by atoms with van der Waals surface area (Å²) in [6.07, 6.45) is 1.68. The lowest BCUT2D eigenvalue weighted by Crippen LogP contribution is -2.23. The van der Waals surface area contributed by atoms with Crippen LogP contribution in [0.15, 0.2) is 18.2 Å². The van der Waals surface area contributed by atoms with Gasteiger partial charge in [0.15, 0.2) is 0 Å². The van der Waals surface area contributed by atoms with Crippen molar-refractivity contribution in [3.05, 3.63) is 29.3 Å². The van der Waals surface area contributed by atoms with Crippen LogP contribution in [0.4, 0.5) is 5.69 Å². The number of nitriles is 1. The summed E-state index contributed by atoms with van der Waals surface area (Å²) in [5, 5.41) is 12.2. The van der Waals surface area contributed by atoms with E-state index in [4.69, 9.17) is 5.26 Å². The summed E-state index contributed by atoms with van der Waals surface area (Å²) in [4.78, 5) is 0. The Morgan fingerprint density at radius 1 is 1.56 bits per heavy atom. The number of benzene rings is 1. The van der Waals surface area contributed by atoms with Gasteiger partial charge in [0.1, 0.15) is 6.07 Å². The fourth-order valence-electron chi connectivity index (χ4n) is 1.59. The van der Waals surface area contributed by atoms with Crippen LogP contribution >= 0.6 is 0 Å². The van der Waals surface area contributed by atoms with Crippen molar-refractivity contribution in [2.45, 2.75) is 19.9 Å². The second-order valence-corrected chi connectivity index (χ2v) is 5.37. The van der Waals surface area contributed by atoms with Crippen LogP contribution in [0.2, 0.25) is 0 Å². The second-order valence-electron chi connectivity index (χ2n) is 3.89.